The lowest BCUT2D eigenvalue weighted by molar-refractivity contribution is -0.385. The molecular weight excluding hydrogens is 276 g/mol. The predicted octanol–water partition coefficient (Wildman–Crippen LogP) is 1.03. The summed E-state index contributed by atoms with van der Waals surface area (Å²) in [5.74, 6) is 0.527. The molecule has 2 aromatic rings. The smallest absolute Gasteiger partial charge is 0.288 e. The Morgan fingerprint density at radius 3 is 2.86 bits per heavy atom. The number of nitrogens with zero attached hydrogens (tertiary/aromatic N) is 4. The lowest BCUT2D eigenvalue weighted by Crippen LogP contribution is -2.27. The Bertz CT molecular complexity index is 655. The Labute approximate surface area is 120 Å². The van der Waals surface area contributed by atoms with Crippen LogP contribution in [-0.2, 0) is 6.54 Å². The van der Waals surface area contributed by atoms with Crippen LogP contribution in [0.4, 0.5) is 11.5 Å². The number of carbonyl (C=O) groups excluding carboxylic acids is 1. The topological polar surface area (TPSA) is 117 Å². The lowest BCUT2D eigenvalue weighted by Gasteiger charge is -2.17. The van der Waals surface area contributed by atoms with Crippen LogP contribution in [0.3, 0.4) is 0 Å². The van der Waals surface area contributed by atoms with E-state index in [0.29, 0.717) is 5.82 Å². The number of imidazole rings is 1. The molecule has 0 atom stereocenters. The third kappa shape index (κ3) is 3.14. The van der Waals surface area contributed by atoms with Gasteiger partial charge in [0, 0.05) is 32.6 Å². The first-order valence-corrected chi connectivity index (χ1v) is 6.09. The highest BCUT2D eigenvalue weighted by Gasteiger charge is 2.21. The molecule has 0 saturated carbocycles. The monoisotopic (exact) mass is 290 g/mol. The summed E-state index contributed by atoms with van der Waals surface area (Å²) in [6, 6.07) is 1.21. The third-order valence-corrected chi connectivity index (χ3v) is 2.84. The average Bonchev–Trinajstić information content (AvgIpc) is 2.98. The molecule has 0 unspecified atom stereocenters. The summed E-state index contributed by atoms with van der Waals surface area (Å²) in [6.07, 6.45) is 4.35. The Morgan fingerprint density at radius 1 is 1.52 bits per heavy atom. The van der Waals surface area contributed by atoms with E-state index in [-0.39, 0.29) is 29.5 Å². The van der Waals surface area contributed by atoms with Crippen molar-refractivity contribution in [3.8, 4) is 0 Å². The molecule has 0 bridgehead atoms. The highest BCUT2D eigenvalue weighted by molar-refractivity contribution is 5.99. The predicted molar refractivity (Wildman–Crippen MR) is 74.8 cm³/mol. The number of hydrogen-bond donors (Lipinski definition) is 2. The van der Waals surface area contributed by atoms with Crippen LogP contribution in [0.25, 0.3) is 0 Å². The molecule has 2 N–H and O–H groups in total. The molecule has 9 heteroatoms. The number of nitrogens with one attached hydrogen (secondary N) is 2. The van der Waals surface area contributed by atoms with Crippen molar-refractivity contribution in [1.29, 1.82) is 0 Å². The van der Waals surface area contributed by atoms with E-state index in [1.807, 2.05) is 0 Å². The zero-order chi connectivity index (χ0) is 15.4. The van der Waals surface area contributed by atoms with E-state index < -0.39 is 4.92 Å². The second-order valence-electron chi connectivity index (χ2n) is 4.29. The Hall–Kier alpha value is -2.97. The van der Waals surface area contributed by atoms with Crippen molar-refractivity contribution in [2.24, 2.45) is 0 Å². The molecule has 0 spiro atoms. The van der Waals surface area contributed by atoms with Gasteiger partial charge in [-0.25, -0.2) is 9.97 Å². The number of amides is 1. The zero-order valence-corrected chi connectivity index (χ0v) is 11.5. The molecule has 110 valence electrons. The minimum Gasteiger partial charge on any atom is -0.372 e. The number of aromatic nitrogens is 3. The fourth-order valence-corrected chi connectivity index (χ4v) is 1.80. The van der Waals surface area contributed by atoms with Gasteiger partial charge in [-0.2, -0.15) is 0 Å². The first kappa shape index (κ1) is 14.4. The summed E-state index contributed by atoms with van der Waals surface area (Å²) < 4.78 is 0. The van der Waals surface area contributed by atoms with Gasteiger partial charge < -0.3 is 15.2 Å². The van der Waals surface area contributed by atoms with Gasteiger partial charge in [-0.15, -0.1) is 0 Å². The minimum atomic E-state index is -0.588. The number of H-pyrrole nitrogens is 1. The fraction of sp³-hybridized carbons (Fsp3) is 0.250. The van der Waals surface area contributed by atoms with Crippen molar-refractivity contribution in [3.63, 3.8) is 0 Å². The Balaban J connectivity index is 2.28. The van der Waals surface area contributed by atoms with Crippen molar-refractivity contribution in [2.75, 3.05) is 19.4 Å². The standard InChI is InChI=1S/C12H14N6O3/c1-13-11-9(5-8(6-16-11)18(20)21)12(19)17(2)7-10-14-3-4-15-10/h3-6H,7H2,1-2H3,(H,13,16)(H,14,15). The van der Waals surface area contributed by atoms with E-state index in [1.165, 1.54) is 11.0 Å². The van der Waals surface area contributed by atoms with Gasteiger partial charge in [0.25, 0.3) is 11.6 Å². The van der Waals surface area contributed by atoms with Crippen molar-refractivity contribution in [2.45, 2.75) is 6.54 Å². The fourth-order valence-electron chi connectivity index (χ4n) is 1.80. The summed E-state index contributed by atoms with van der Waals surface area (Å²) in [7, 11) is 3.18. The van der Waals surface area contributed by atoms with Gasteiger partial charge in [-0.1, -0.05) is 0 Å². The van der Waals surface area contributed by atoms with Gasteiger partial charge in [0.1, 0.15) is 17.8 Å². The van der Waals surface area contributed by atoms with Crippen LogP contribution in [0.1, 0.15) is 16.2 Å². The zero-order valence-electron chi connectivity index (χ0n) is 11.5. The molecule has 0 saturated heterocycles. The number of nitro groups is 1. The molecule has 2 aromatic heterocycles. The van der Waals surface area contributed by atoms with Crippen molar-refractivity contribution >= 4 is 17.4 Å². The molecule has 1 amide bonds. The quantitative estimate of drug-likeness (QED) is 0.627. The van der Waals surface area contributed by atoms with Crippen LogP contribution in [0, 0.1) is 10.1 Å². The summed E-state index contributed by atoms with van der Waals surface area (Å²) in [6.45, 7) is 0.262. The van der Waals surface area contributed by atoms with Gasteiger partial charge in [-0.05, 0) is 0 Å². The Kier molecular flexibility index (Phi) is 4.12. The molecular formula is C12H14N6O3. The highest BCUT2D eigenvalue weighted by Crippen LogP contribution is 2.20. The molecule has 0 fully saturated rings. The van der Waals surface area contributed by atoms with Crippen LogP contribution < -0.4 is 5.32 Å². The van der Waals surface area contributed by atoms with Gasteiger partial charge in [0.15, 0.2) is 0 Å². The normalized spacial score (nSPS) is 10.2. The van der Waals surface area contributed by atoms with Crippen molar-refractivity contribution in [1.82, 2.24) is 19.9 Å². The van der Waals surface area contributed by atoms with Crippen LogP contribution in [0.5, 0.6) is 0 Å². The summed E-state index contributed by atoms with van der Waals surface area (Å²) in [5, 5.41) is 13.6. The van der Waals surface area contributed by atoms with E-state index >= 15 is 0 Å². The summed E-state index contributed by atoms with van der Waals surface area (Å²) in [5.41, 5.74) is -0.0931. The van der Waals surface area contributed by atoms with E-state index in [2.05, 4.69) is 20.3 Å². The van der Waals surface area contributed by atoms with Gasteiger partial charge >= 0.3 is 0 Å². The first-order valence-electron chi connectivity index (χ1n) is 6.09. The van der Waals surface area contributed by atoms with E-state index in [1.54, 1.807) is 26.5 Å². The van der Waals surface area contributed by atoms with E-state index in [4.69, 9.17) is 0 Å². The minimum absolute atomic E-state index is 0.140. The van der Waals surface area contributed by atoms with Crippen molar-refractivity contribution in [3.05, 3.63) is 46.2 Å². The molecule has 0 aliphatic rings. The maximum absolute atomic E-state index is 12.4. The maximum Gasteiger partial charge on any atom is 0.288 e. The Morgan fingerprint density at radius 2 is 2.29 bits per heavy atom. The van der Waals surface area contributed by atoms with Crippen LogP contribution in [0.15, 0.2) is 24.7 Å². The van der Waals surface area contributed by atoms with Gasteiger partial charge in [0.05, 0.1) is 17.0 Å². The first-order chi connectivity index (χ1) is 10.0. The number of carbonyl (C=O) groups is 1. The number of rotatable bonds is 5. The molecule has 9 nitrogen and oxygen atoms in total. The molecule has 0 aromatic carbocycles. The van der Waals surface area contributed by atoms with Crippen LogP contribution in [0.2, 0.25) is 0 Å². The van der Waals surface area contributed by atoms with E-state index in [0.717, 1.165) is 6.20 Å². The molecule has 0 aliphatic carbocycles. The second-order valence-corrected chi connectivity index (χ2v) is 4.29. The van der Waals surface area contributed by atoms with E-state index in [9.17, 15) is 14.9 Å². The molecule has 0 radical (unpaired) electrons. The lowest BCUT2D eigenvalue weighted by atomic mass is 10.2. The molecule has 0 aliphatic heterocycles. The highest BCUT2D eigenvalue weighted by atomic mass is 16.6. The third-order valence-electron chi connectivity index (χ3n) is 2.84. The largest absolute Gasteiger partial charge is 0.372 e. The molecule has 2 rings (SSSR count). The van der Waals surface area contributed by atoms with Gasteiger partial charge in [0.2, 0.25) is 0 Å². The van der Waals surface area contributed by atoms with Crippen LogP contribution >= 0.6 is 0 Å². The van der Waals surface area contributed by atoms with Gasteiger partial charge in [-0.3, -0.25) is 14.9 Å². The van der Waals surface area contributed by atoms with Crippen molar-refractivity contribution < 1.29 is 9.72 Å². The maximum atomic E-state index is 12.4. The molecule has 2 heterocycles. The SMILES string of the molecule is CNc1ncc([N+](=O)[O-])cc1C(=O)N(C)Cc1ncc[nH]1. The number of anilines is 1. The summed E-state index contributed by atoms with van der Waals surface area (Å²) in [4.78, 5) is 34.8. The second kappa shape index (κ2) is 5.99. The van der Waals surface area contributed by atoms with Crippen LogP contribution in [-0.4, -0.2) is 44.8 Å². The number of pyridine rings is 1. The summed E-state index contributed by atoms with van der Waals surface area (Å²) >= 11 is 0. The number of hydrogen-bond acceptors (Lipinski definition) is 6. The molecule has 21 heavy (non-hydrogen) atoms. The average molecular weight is 290 g/mol. The number of aromatic amines is 1.